The molecule has 1 aliphatic carbocycles. The molecule has 0 atom stereocenters. The molecular weight excluding hydrogens is 384 g/mol. The molecule has 1 fully saturated rings. The molecule has 3 heterocycles. The highest BCUT2D eigenvalue weighted by Crippen LogP contribution is 2.38. The van der Waals surface area contributed by atoms with Gasteiger partial charge in [-0.25, -0.2) is 19.8 Å². The van der Waals surface area contributed by atoms with Crippen molar-refractivity contribution in [2.24, 2.45) is 4.99 Å². The smallest absolute Gasteiger partial charge is 0.347 e. The van der Waals surface area contributed by atoms with Crippen LogP contribution in [-0.4, -0.2) is 47.0 Å². The average Bonchev–Trinajstić information content (AvgIpc) is 3.30. The van der Waals surface area contributed by atoms with Gasteiger partial charge in [-0.05, 0) is 38.0 Å². The molecule has 0 spiro atoms. The SMILES string of the molecule is CCOC(=O)c1c(NN(C)C2CCCCC2)oc(/C=C2\C=Nc3ncccc32)c1O. The van der Waals surface area contributed by atoms with E-state index in [0.717, 1.165) is 24.0 Å². The predicted molar refractivity (Wildman–Crippen MR) is 115 cm³/mol. The van der Waals surface area contributed by atoms with Crippen molar-refractivity contribution in [3.63, 3.8) is 0 Å². The molecule has 0 saturated heterocycles. The van der Waals surface area contributed by atoms with Crippen LogP contribution in [-0.2, 0) is 4.74 Å². The van der Waals surface area contributed by atoms with Crippen molar-refractivity contribution in [3.8, 4) is 5.75 Å². The second-order valence-electron chi connectivity index (χ2n) is 7.49. The molecule has 2 aromatic heterocycles. The summed E-state index contributed by atoms with van der Waals surface area (Å²) in [5.41, 5.74) is 4.72. The number of anilines is 1. The summed E-state index contributed by atoms with van der Waals surface area (Å²) in [5, 5.41) is 12.7. The average molecular weight is 410 g/mol. The van der Waals surface area contributed by atoms with Crippen molar-refractivity contribution in [2.45, 2.75) is 45.1 Å². The monoisotopic (exact) mass is 410 g/mol. The Bertz CT molecular complexity index is 989. The number of nitrogens with zero attached hydrogens (tertiary/aromatic N) is 3. The number of pyridine rings is 1. The van der Waals surface area contributed by atoms with Crippen LogP contribution in [0, 0.1) is 0 Å². The van der Waals surface area contributed by atoms with Crippen LogP contribution in [0.1, 0.15) is 60.7 Å². The minimum Gasteiger partial charge on any atom is -0.504 e. The van der Waals surface area contributed by atoms with E-state index in [9.17, 15) is 9.90 Å². The lowest BCUT2D eigenvalue weighted by Crippen LogP contribution is -2.38. The van der Waals surface area contributed by atoms with Crippen molar-refractivity contribution in [2.75, 3.05) is 19.1 Å². The lowest BCUT2D eigenvalue weighted by molar-refractivity contribution is 0.0523. The van der Waals surface area contributed by atoms with Gasteiger partial charge in [-0.1, -0.05) is 19.3 Å². The summed E-state index contributed by atoms with van der Waals surface area (Å²) < 4.78 is 11.0. The maximum absolute atomic E-state index is 12.5. The minimum absolute atomic E-state index is 0.00675. The van der Waals surface area contributed by atoms with E-state index >= 15 is 0 Å². The highest BCUT2D eigenvalue weighted by Gasteiger charge is 2.29. The van der Waals surface area contributed by atoms with Crippen LogP contribution in [0.5, 0.6) is 5.75 Å². The fraction of sp³-hybridized carbons (Fsp3) is 0.409. The Hall–Kier alpha value is -3.13. The molecule has 2 aromatic rings. The van der Waals surface area contributed by atoms with Gasteiger partial charge in [0.15, 0.2) is 22.9 Å². The Morgan fingerprint density at radius 1 is 1.40 bits per heavy atom. The number of esters is 1. The first-order valence-electron chi connectivity index (χ1n) is 10.3. The molecule has 0 amide bonds. The number of fused-ring (bicyclic) bond motifs is 1. The number of carbonyl (C=O) groups is 1. The number of hydrazine groups is 1. The van der Waals surface area contributed by atoms with Crippen LogP contribution in [0.3, 0.4) is 0 Å². The molecule has 8 nitrogen and oxygen atoms in total. The third-order valence-corrected chi connectivity index (χ3v) is 5.50. The number of hydrogen-bond donors (Lipinski definition) is 2. The van der Waals surface area contributed by atoms with Crippen LogP contribution in [0.4, 0.5) is 11.7 Å². The summed E-state index contributed by atoms with van der Waals surface area (Å²) in [6.45, 7) is 1.92. The molecule has 1 saturated carbocycles. The Kier molecular flexibility index (Phi) is 5.85. The summed E-state index contributed by atoms with van der Waals surface area (Å²) >= 11 is 0. The van der Waals surface area contributed by atoms with Crippen molar-refractivity contribution >= 4 is 35.5 Å². The van der Waals surface area contributed by atoms with E-state index in [1.165, 1.54) is 19.3 Å². The van der Waals surface area contributed by atoms with Gasteiger partial charge >= 0.3 is 5.97 Å². The largest absolute Gasteiger partial charge is 0.504 e. The molecule has 2 aliphatic rings. The van der Waals surface area contributed by atoms with E-state index in [2.05, 4.69) is 15.4 Å². The number of nitrogens with one attached hydrogen (secondary N) is 1. The molecular formula is C22H26N4O4. The normalized spacial score (nSPS) is 17.5. The molecule has 0 radical (unpaired) electrons. The van der Waals surface area contributed by atoms with Crippen molar-refractivity contribution < 1.29 is 19.1 Å². The highest BCUT2D eigenvalue weighted by molar-refractivity contribution is 6.21. The first kappa shape index (κ1) is 20.2. The third-order valence-electron chi connectivity index (χ3n) is 5.50. The summed E-state index contributed by atoms with van der Waals surface area (Å²) in [7, 11) is 1.92. The number of aromatic nitrogens is 1. The van der Waals surface area contributed by atoms with Gasteiger partial charge in [-0.15, -0.1) is 0 Å². The van der Waals surface area contributed by atoms with Crippen LogP contribution < -0.4 is 5.43 Å². The van der Waals surface area contributed by atoms with Gasteiger partial charge in [0, 0.05) is 36.6 Å². The zero-order valence-electron chi connectivity index (χ0n) is 17.2. The van der Waals surface area contributed by atoms with E-state index in [1.807, 2.05) is 24.2 Å². The van der Waals surface area contributed by atoms with Gasteiger partial charge in [0.1, 0.15) is 0 Å². The molecule has 0 unspecified atom stereocenters. The van der Waals surface area contributed by atoms with Crippen LogP contribution in [0.15, 0.2) is 27.7 Å². The second kappa shape index (κ2) is 8.71. The number of allylic oxidation sites excluding steroid dienone is 1. The zero-order valence-corrected chi connectivity index (χ0v) is 17.2. The van der Waals surface area contributed by atoms with Crippen LogP contribution in [0.25, 0.3) is 11.6 Å². The first-order valence-corrected chi connectivity index (χ1v) is 10.3. The first-order chi connectivity index (χ1) is 14.6. The van der Waals surface area contributed by atoms with Gasteiger partial charge in [0.05, 0.1) is 6.61 Å². The summed E-state index contributed by atoms with van der Waals surface area (Å²) in [6, 6.07) is 4.05. The quantitative estimate of drug-likeness (QED) is 0.537. The molecule has 4 rings (SSSR count). The molecule has 0 aromatic carbocycles. The highest BCUT2D eigenvalue weighted by atomic mass is 16.5. The molecule has 0 bridgehead atoms. The number of furan rings is 1. The van der Waals surface area contributed by atoms with Crippen molar-refractivity contribution in [1.29, 1.82) is 0 Å². The van der Waals surface area contributed by atoms with Gasteiger partial charge in [0.25, 0.3) is 0 Å². The maximum Gasteiger partial charge on any atom is 0.347 e. The Labute approximate surface area is 175 Å². The fourth-order valence-electron chi connectivity index (χ4n) is 3.91. The summed E-state index contributed by atoms with van der Waals surface area (Å²) in [4.78, 5) is 21.0. The third kappa shape index (κ3) is 3.95. The van der Waals surface area contributed by atoms with Gasteiger partial charge < -0.3 is 14.3 Å². The molecule has 8 heteroatoms. The predicted octanol–water partition coefficient (Wildman–Crippen LogP) is 4.40. The molecule has 158 valence electrons. The van der Waals surface area contributed by atoms with E-state index in [-0.39, 0.29) is 29.6 Å². The standard InChI is InChI=1S/C22H26N4O4/c1-3-29-22(28)18-19(27)17(12-14-13-24-20-16(14)10-7-11-23-20)30-21(18)25-26(2)15-8-5-4-6-9-15/h7,10-13,15,25,27H,3-6,8-9H2,1-2H3/b14-12+. The summed E-state index contributed by atoms with van der Waals surface area (Å²) in [6.07, 6.45) is 10.7. The summed E-state index contributed by atoms with van der Waals surface area (Å²) in [5.74, 6) is 0.0510. The number of hydrogen-bond acceptors (Lipinski definition) is 8. The number of carbonyl (C=O) groups excluding carboxylic acids is 1. The molecule has 2 N–H and O–H groups in total. The maximum atomic E-state index is 12.5. The van der Waals surface area contributed by atoms with E-state index < -0.39 is 5.97 Å². The van der Waals surface area contributed by atoms with Gasteiger partial charge in [0.2, 0.25) is 5.88 Å². The number of rotatable bonds is 6. The Morgan fingerprint density at radius 3 is 2.97 bits per heavy atom. The van der Waals surface area contributed by atoms with Crippen LogP contribution in [0.2, 0.25) is 0 Å². The van der Waals surface area contributed by atoms with E-state index in [1.54, 1.807) is 25.4 Å². The second-order valence-corrected chi connectivity index (χ2v) is 7.49. The minimum atomic E-state index is -0.634. The Morgan fingerprint density at radius 2 is 2.20 bits per heavy atom. The van der Waals surface area contributed by atoms with Crippen LogP contribution >= 0.6 is 0 Å². The van der Waals surface area contributed by atoms with Gasteiger partial charge in [-0.3, -0.25) is 5.43 Å². The van der Waals surface area contributed by atoms with Gasteiger partial charge in [-0.2, -0.15) is 0 Å². The fourth-order valence-corrected chi connectivity index (χ4v) is 3.91. The van der Waals surface area contributed by atoms with E-state index in [0.29, 0.717) is 11.9 Å². The zero-order chi connectivity index (χ0) is 21.1. The van der Waals surface area contributed by atoms with Crippen molar-refractivity contribution in [1.82, 2.24) is 9.99 Å². The lowest BCUT2D eigenvalue weighted by Gasteiger charge is -2.31. The Balaban J connectivity index is 1.67. The molecule has 30 heavy (non-hydrogen) atoms. The number of aromatic hydroxyl groups is 1. The van der Waals surface area contributed by atoms with Crippen molar-refractivity contribution in [3.05, 3.63) is 35.2 Å². The topological polar surface area (TPSA) is 100 Å². The lowest BCUT2D eigenvalue weighted by atomic mass is 9.95. The van der Waals surface area contributed by atoms with E-state index in [4.69, 9.17) is 9.15 Å². The number of ether oxygens (including phenoxy) is 1. The number of aliphatic imine (C=N–C) groups is 1. The molecule has 1 aliphatic heterocycles.